The minimum atomic E-state index is -1.13. The summed E-state index contributed by atoms with van der Waals surface area (Å²) in [4.78, 5) is 39.1. The number of H-pyrrole nitrogens is 1. The first-order chi connectivity index (χ1) is 21.8. The van der Waals surface area contributed by atoms with Gasteiger partial charge in [-0.25, -0.2) is 4.79 Å². The fraction of sp³-hybridized carbons (Fsp3) is 0.324. The van der Waals surface area contributed by atoms with Gasteiger partial charge in [0.25, 0.3) is 5.56 Å². The molecule has 2 N–H and O–H groups in total. The Balaban J connectivity index is 1.48. The average Bonchev–Trinajstić information content (AvgIpc) is 3.45. The molecule has 1 aromatic heterocycles. The van der Waals surface area contributed by atoms with Crippen LogP contribution in [-0.2, 0) is 31.2 Å². The molecule has 1 saturated heterocycles. The molecule has 0 amide bonds. The Morgan fingerprint density at radius 3 is 2.04 bits per heavy atom. The van der Waals surface area contributed by atoms with E-state index < -0.39 is 41.1 Å². The highest BCUT2D eigenvalue weighted by atomic mass is 16.6. The molecule has 4 aromatic rings. The van der Waals surface area contributed by atoms with E-state index in [-0.39, 0.29) is 31.6 Å². The Bertz CT molecular complexity index is 1650. The fourth-order valence-corrected chi connectivity index (χ4v) is 5.60. The van der Waals surface area contributed by atoms with Gasteiger partial charge in [0.05, 0.1) is 52.1 Å². The number of ether oxygens (including phenoxy) is 5. The van der Waals surface area contributed by atoms with Crippen LogP contribution in [0.15, 0.2) is 94.6 Å². The maximum absolute atomic E-state index is 12.8. The molecule has 0 bridgehead atoms. The number of aromatic amines is 1. The van der Waals surface area contributed by atoms with Crippen LogP contribution in [0.2, 0.25) is 0 Å². The minimum Gasteiger partial charge on any atom is -0.497 e. The van der Waals surface area contributed by atoms with Gasteiger partial charge in [0.2, 0.25) is 0 Å². The number of hydrogen-bond acceptors (Lipinski definition) is 9. The van der Waals surface area contributed by atoms with Gasteiger partial charge in [0.15, 0.2) is 0 Å². The van der Waals surface area contributed by atoms with Gasteiger partial charge < -0.3 is 28.8 Å². The maximum Gasteiger partial charge on any atom is 0.328 e. The zero-order valence-corrected chi connectivity index (χ0v) is 25.3. The maximum atomic E-state index is 12.8. The highest BCUT2D eigenvalue weighted by Gasteiger charge is 2.42. The number of methoxy groups -OCH3 is 3. The smallest absolute Gasteiger partial charge is 0.328 e. The van der Waals surface area contributed by atoms with E-state index in [9.17, 15) is 19.5 Å². The van der Waals surface area contributed by atoms with Crippen molar-refractivity contribution in [3.63, 3.8) is 0 Å². The van der Waals surface area contributed by atoms with Crippen molar-refractivity contribution in [2.75, 3.05) is 27.9 Å². The average molecular weight is 617 g/mol. The molecule has 11 heteroatoms. The Hall–Kier alpha value is -4.71. The molecule has 0 aliphatic carbocycles. The van der Waals surface area contributed by atoms with E-state index in [2.05, 4.69) is 9.72 Å². The van der Waals surface area contributed by atoms with Crippen molar-refractivity contribution in [1.29, 1.82) is 0 Å². The van der Waals surface area contributed by atoms with Crippen molar-refractivity contribution >= 4 is 5.97 Å². The number of aryl methyl sites for hydroxylation is 1. The molecule has 236 valence electrons. The van der Waals surface area contributed by atoms with Gasteiger partial charge in [-0.2, -0.15) is 0 Å². The van der Waals surface area contributed by atoms with E-state index >= 15 is 0 Å². The van der Waals surface area contributed by atoms with Crippen LogP contribution in [-0.4, -0.2) is 60.8 Å². The topological polar surface area (TPSA) is 138 Å². The van der Waals surface area contributed by atoms with E-state index in [1.165, 1.54) is 17.9 Å². The molecule has 2 heterocycles. The number of benzene rings is 3. The molecule has 3 aromatic carbocycles. The zero-order valence-electron chi connectivity index (χ0n) is 25.3. The molecule has 5 rings (SSSR count). The second-order valence-electron chi connectivity index (χ2n) is 10.6. The molecule has 0 saturated carbocycles. The molecular weight excluding hydrogens is 580 g/mol. The zero-order chi connectivity index (χ0) is 32.0. The number of aliphatic hydroxyl groups is 1. The number of nitrogens with one attached hydrogen (secondary N) is 1. The largest absolute Gasteiger partial charge is 0.497 e. The summed E-state index contributed by atoms with van der Waals surface area (Å²) in [5.74, 6) is 0.881. The first-order valence-corrected chi connectivity index (χ1v) is 14.5. The number of aromatic nitrogens is 2. The predicted octanol–water partition coefficient (Wildman–Crippen LogP) is 3.32. The molecule has 1 aliphatic rings. The van der Waals surface area contributed by atoms with Crippen LogP contribution in [0.5, 0.6) is 11.5 Å². The third-order valence-electron chi connectivity index (χ3n) is 8.03. The third kappa shape index (κ3) is 6.70. The number of nitrogens with zero attached hydrogens (tertiary/aromatic N) is 1. The van der Waals surface area contributed by atoms with Crippen molar-refractivity contribution in [2.24, 2.45) is 0 Å². The summed E-state index contributed by atoms with van der Waals surface area (Å²) in [6.45, 7) is -0.0229. The van der Waals surface area contributed by atoms with Crippen molar-refractivity contribution < 1.29 is 33.6 Å². The summed E-state index contributed by atoms with van der Waals surface area (Å²) in [5.41, 5.74) is 0.246. The third-order valence-corrected chi connectivity index (χ3v) is 8.03. The Kier molecular flexibility index (Phi) is 9.82. The van der Waals surface area contributed by atoms with E-state index in [1.807, 2.05) is 78.9 Å². The number of aliphatic hydroxyl groups excluding tert-OH is 1. The summed E-state index contributed by atoms with van der Waals surface area (Å²) in [6, 6.07) is 24.9. The molecule has 0 radical (unpaired) electrons. The van der Waals surface area contributed by atoms with Crippen LogP contribution >= 0.6 is 0 Å². The molecule has 0 unspecified atom stereocenters. The molecule has 1 fully saturated rings. The second-order valence-corrected chi connectivity index (χ2v) is 10.6. The normalized spacial score (nSPS) is 18.0. The highest BCUT2D eigenvalue weighted by molar-refractivity contribution is 5.68. The van der Waals surface area contributed by atoms with Crippen LogP contribution in [0.4, 0.5) is 0 Å². The van der Waals surface area contributed by atoms with Gasteiger partial charge in [-0.15, -0.1) is 0 Å². The summed E-state index contributed by atoms with van der Waals surface area (Å²) in [6.07, 6.45) is -1.15. The molecule has 45 heavy (non-hydrogen) atoms. The fourth-order valence-electron chi connectivity index (χ4n) is 5.60. The van der Waals surface area contributed by atoms with E-state index in [0.29, 0.717) is 11.5 Å². The molecule has 0 spiro atoms. The van der Waals surface area contributed by atoms with Crippen LogP contribution in [0.25, 0.3) is 0 Å². The van der Waals surface area contributed by atoms with Crippen LogP contribution in [0.1, 0.15) is 41.2 Å². The minimum absolute atomic E-state index is 0.0143. The number of carbonyl (C=O) groups is 1. The van der Waals surface area contributed by atoms with Crippen molar-refractivity contribution in [1.82, 2.24) is 9.55 Å². The van der Waals surface area contributed by atoms with Gasteiger partial charge in [0, 0.05) is 19.2 Å². The summed E-state index contributed by atoms with van der Waals surface area (Å²) >= 11 is 0. The van der Waals surface area contributed by atoms with Gasteiger partial charge >= 0.3 is 11.7 Å². The first kappa shape index (κ1) is 31.7. The molecule has 11 nitrogen and oxygen atoms in total. The van der Waals surface area contributed by atoms with Gasteiger partial charge in [0.1, 0.15) is 23.2 Å². The van der Waals surface area contributed by atoms with Crippen LogP contribution in [0, 0.1) is 0 Å². The van der Waals surface area contributed by atoms with E-state index in [4.69, 9.17) is 18.9 Å². The monoisotopic (exact) mass is 616 g/mol. The van der Waals surface area contributed by atoms with Crippen molar-refractivity contribution in [3.8, 4) is 11.5 Å². The SMILES string of the molecule is COC(=O)CCn1cc([C@H]2C[C@H](O)[C@@H](COC(c3ccccc3)(c3ccc(OC)cc3)c3ccc(OC)cc3)O2)c(=O)[nH]c1=O. The number of hydrogen-bond donors (Lipinski definition) is 2. The summed E-state index contributed by atoms with van der Waals surface area (Å²) in [5, 5.41) is 11.1. The van der Waals surface area contributed by atoms with E-state index in [1.54, 1.807) is 14.2 Å². The van der Waals surface area contributed by atoms with E-state index in [0.717, 1.165) is 16.7 Å². The highest BCUT2D eigenvalue weighted by Crippen LogP contribution is 2.43. The Morgan fingerprint density at radius 1 is 0.911 bits per heavy atom. The summed E-state index contributed by atoms with van der Waals surface area (Å²) in [7, 11) is 4.46. The lowest BCUT2D eigenvalue weighted by molar-refractivity contribution is -0.140. The number of esters is 1. The van der Waals surface area contributed by atoms with Gasteiger partial charge in [-0.1, -0.05) is 54.6 Å². The van der Waals surface area contributed by atoms with Crippen LogP contribution in [0.3, 0.4) is 0 Å². The van der Waals surface area contributed by atoms with Crippen molar-refractivity contribution in [3.05, 3.63) is 128 Å². The standard InChI is InChI=1S/C34H36N2O9/c1-41-25-13-9-23(10-14-25)34(22-7-5-4-6-8-22,24-11-15-26(42-2)16-12-24)44-21-30-28(37)19-29(45-30)27-20-36(18-17-31(38)43-3)33(40)35-32(27)39/h4-16,20,28-30,37H,17-19,21H2,1-3H3,(H,35,39,40)/t28-,29+,30+/m0/s1. The quantitative estimate of drug-likeness (QED) is 0.181. The van der Waals surface area contributed by atoms with Gasteiger partial charge in [-0.05, 0) is 41.0 Å². The molecule has 1 aliphatic heterocycles. The second kappa shape index (κ2) is 13.9. The predicted molar refractivity (Wildman–Crippen MR) is 164 cm³/mol. The lowest BCUT2D eigenvalue weighted by Gasteiger charge is -2.37. The molecule has 3 atom stereocenters. The Morgan fingerprint density at radius 2 is 1.49 bits per heavy atom. The summed E-state index contributed by atoms with van der Waals surface area (Å²) < 4.78 is 29.8. The Labute approximate surface area is 259 Å². The number of carbonyl (C=O) groups excluding carboxylic acids is 1. The van der Waals surface area contributed by atoms with Gasteiger partial charge in [-0.3, -0.25) is 19.1 Å². The first-order valence-electron chi connectivity index (χ1n) is 14.5. The lowest BCUT2D eigenvalue weighted by Crippen LogP contribution is -2.38. The van der Waals surface area contributed by atoms with Crippen molar-refractivity contribution in [2.45, 2.75) is 43.3 Å². The number of rotatable bonds is 12. The molecular formula is C34H36N2O9. The lowest BCUT2D eigenvalue weighted by atomic mass is 9.80. The van der Waals surface area contributed by atoms with Crippen LogP contribution < -0.4 is 20.7 Å².